The number of Topliss-reactive ketones (excluding diaryl/α,β-unsaturated/α-hetero) is 2. The van der Waals surface area contributed by atoms with Crippen LogP contribution in [0.4, 0.5) is 11.6 Å². The Hall–Kier alpha value is -9.31. The largest absolute Gasteiger partial charge is 0.508 e. The number of hydrogen-bond acceptors (Lipinski definition) is 13. The Morgan fingerprint density at radius 3 is 1.29 bits per heavy atom. The third-order valence-electron chi connectivity index (χ3n) is 11.6. The van der Waals surface area contributed by atoms with Gasteiger partial charge in [0.2, 0.25) is 11.8 Å². The number of ketones is 2. The molecule has 0 aliphatic heterocycles. The number of carboxylic acid groups (broad SMARTS) is 1. The summed E-state index contributed by atoms with van der Waals surface area (Å²) in [7, 11) is 0. The maximum atomic E-state index is 12.8. The van der Waals surface area contributed by atoms with Gasteiger partial charge in [-0.25, -0.2) is 14.8 Å². The molecule has 76 heavy (non-hydrogen) atoms. The van der Waals surface area contributed by atoms with E-state index in [9.17, 15) is 29.1 Å². The molecular formula is C60H58N4O12. The predicted octanol–water partition coefficient (Wildman–Crippen LogP) is 11.8. The number of pyridine rings is 2. The molecule has 2 aromatic heterocycles. The molecule has 4 N–H and O–H groups in total. The van der Waals surface area contributed by atoms with Crippen molar-refractivity contribution in [2.24, 2.45) is 0 Å². The van der Waals surface area contributed by atoms with Crippen LogP contribution in [0.5, 0.6) is 34.5 Å². The highest BCUT2D eigenvalue weighted by Crippen LogP contribution is 2.34. The van der Waals surface area contributed by atoms with Crippen molar-refractivity contribution in [3.05, 3.63) is 157 Å². The number of phenols is 1. The van der Waals surface area contributed by atoms with E-state index in [1.54, 1.807) is 72.8 Å². The number of para-hydroxylation sites is 2. The summed E-state index contributed by atoms with van der Waals surface area (Å²) in [4.78, 5) is 71.0. The zero-order valence-corrected chi connectivity index (χ0v) is 42.6. The van der Waals surface area contributed by atoms with Crippen molar-refractivity contribution in [3.63, 3.8) is 0 Å². The first-order valence-corrected chi connectivity index (χ1v) is 24.9. The molecule has 0 atom stereocenters. The summed E-state index contributed by atoms with van der Waals surface area (Å²) in [6.07, 6.45) is 0.0575. The van der Waals surface area contributed by atoms with Gasteiger partial charge >= 0.3 is 5.97 Å². The molecule has 0 aliphatic carbocycles. The summed E-state index contributed by atoms with van der Waals surface area (Å²) >= 11 is 0. The maximum Gasteiger partial charge on any atom is 0.341 e. The van der Waals surface area contributed by atoms with E-state index in [-0.39, 0.29) is 54.8 Å². The van der Waals surface area contributed by atoms with Gasteiger partial charge in [0.05, 0.1) is 37.5 Å². The second-order valence-electron chi connectivity index (χ2n) is 16.9. The van der Waals surface area contributed by atoms with Gasteiger partial charge < -0.3 is 44.5 Å². The minimum Gasteiger partial charge on any atom is -0.508 e. The van der Waals surface area contributed by atoms with Crippen LogP contribution in [0, 0.1) is 0 Å². The van der Waals surface area contributed by atoms with Crippen LogP contribution in [0.1, 0.15) is 74.1 Å². The van der Waals surface area contributed by atoms with E-state index in [4.69, 9.17) is 28.8 Å². The molecule has 0 saturated carbocycles. The average molecular weight is 1030 g/mol. The van der Waals surface area contributed by atoms with E-state index in [0.29, 0.717) is 83.5 Å². The van der Waals surface area contributed by atoms with Gasteiger partial charge in [-0.05, 0) is 135 Å². The number of nitrogens with zero attached hydrogens (tertiary/aromatic N) is 2. The summed E-state index contributed by atoms with van der Waals surface area (Å²) in [5, 5.41) is 25.9. The number of carbonyl (C=O) groups is 5. The molecular weight excluding hydrogens is 969 g/mol. The van der Waals surface area contributed by atoms with Crippen molar-refractivity contribution in [1.29, 1.82) is 0 Å². The van der Waals surface area contributed by atoms with Gasteiger partial charge in [0.15, 0.2) is 41.2 Å². The van der Waals surface area contributed by atoms with Crippen LogP contribution >= 0.6 is 0 Å². The normalized spacial score (nSPS) is 10.7. The van der Waals surface area contributed by atoms with E-state index in [0.717, 1.165) is 38.5 Å². The van der Waals surface area contributed by atoms with Gasteiger partial charge in [0.25, 0.3) is 0 Å². The minimum atomic E-state index is -1.05. The maximum absolute atomic E-state index is 12.8. The van der Waals surface area contributed by atoms with Gasteiger partial charge in [0.1, 0.15) is 23.1 Å². The molecule has 390 valence electrons. The van der Waals surface area contributed by atoms with Crippen LogP contribution in [0.15, 0.2) is 146 Å². The lowest BCUT2D eigenvalue weighted by atomic mass is 10.0. The van der Waals surface area contributed by atoms with E-state index in [1.165, 1.54) is 0 Å². The molecule has 6 aromatic carbocycles. The number of rotatable bonds is 23. The number of fused-ring (bicyclic) bond motifs is 2. The van der Waals surface area contributed by atoms with Crippen LogP contribution in [0.2, 0.25) is 0 Å². The Morgan fingerprint density at radius 2 is 0.868 bits per heavy atom. The Balaban J connectivity index is 0.000000222. The molecule has 16 heteroatoms. The summed E-state index contributed by atoms with van der Waals surface area (Å²) in [6.45, 7) is 8.89. The number of ether oxygens (including phenoxy) is 5. The fraction of sp³-hybridized carbons (Fsp3) is 0.217. The number of aliphatic carboxylic acids is 1. The zero-order chi connectivity index (χ0) is 54.0. The lowest BCUT2D eigenvalue weighted by Crippen LogP contribution is -2.14. The highest BCUT2D eigenvalue weighted by Gasteiger charge is 2.18. The highest BCUT2D eigenvalue weighted by atomic mass is 16.5. The zero-order valence-electron chi connectivity index (χ0n) is 42.6. The summed E-state index contributed by atoms with van der Waals surface area (Å²) in [5.41, 5.74) is 5.77. The first-order chi connectivity index (χ1) is 36.8. The monoisotopic (exact) mass is 1030 g/mol. The highest BCUT2D eigenvalue weighted by molar-refractivity contribution is 6.03. The molecule has 0 aliphatic rings. The number of amides is 2. The van der Waals surface area contributed by atoms with Crippen molar-refractivity contribution in [2.75, 3.05) is 43.7 Å². The SMILES string of the molecule is CCOc1ccc(C(=O)CCC(=O)Nc2cc(-c3ccc(O)cc3)c3ccccc3n2)cc1OCC.CCOc1ccc(C(=O)CCC(=O)Nc2cc(-c3ccc(OCC(=O)O)cc3)c3ccccc3n2)cc1OCC. The second-order valence-corrected chi connectivity index (χ2v) is 16.9. The number of anilines is 2. The molecule has 8 aromatic rings. The smallest absolute Gasteiger partial charge is 0.341 e. The summed E-state index contributed by atoms with van der Waals surface area (Å²) < 4.78 is 27.5. The third kappa shape index (κ3) is 14.7. The standard InChI is InChI=1S/C31H30N2O7.C29H28N2O5/c1-3-38-27-15-11-21(17-28(27)39-4-2)26(34)14-16-30(35)33-29-18-24(23-7-5-6-8-25(23)32-29)20-9-12-22(13-10-20)40-19-31(36)37;1-3-35-26-15-11-20(17-27(26)36-4-2)25(33)14-16-29(34)31-28-18-23(19-9-12-21(32)13-10-19)22-7-5-6-8-24(22)30-28/h5-13,15,17-18H,3-4,14,16,19H2,1-2H3,(H,36,37)(H,32,33,35);5-13,15,17-18,32H,3-4,14,16H2,1-2H3,(H,30,31,34). The molecule has 8 rings (SSSR count). The molecule has 0 radical (unpaired) electrons. The first kappa shape index (κ1) is 54.5. The molecule has 0 bridgehead atoms. The number of nitrogens with one attached hydrogen (secondary N) is 2. The molecule has 0 spiro atoms. The fourth-order valence-corrected chi connectivity index (χ4v) is 8.08. The Kier molecular flexibility index (Phi) is 19.1. The van der Waals surface area contributed by atoms with Crippen LogP contribution in [0.3, 0.4) is 0 Å². The number of benzene rings is 6. The quantitative estimate of drug-likeness (QED) is 0.0438. The molecule has 2 heterocycles. The Morgan fingerprint density at radius 1 is 0.461 bits per heavy atom. The Bertz CT molecular complexity index is 3340. The number of hydrogen-bond donors (Lipinski definition) is 4. The number of phenolic OH excluding ortho intramolecular Hbond substituents is 1. The van der Waals surface area contributed by atoms with Gasteiger partial charge in [-0.2, -0.15) is 0 Å². The molecule has 0 saturated heterocycles. The van der Waals surface area contributed by atoms with Gasteiger partial charge in [-0.3, -0.25) is 19.2 Å². The predicted molar refractivity (Wildman–Crippen MR) is 291 cm³/mol. The first-order valence-electron chi connectivity index (χ1n) is 24.9. The van der Waals surface area contributed by atoms with Crippen LogP contribution in [-0.4, -0.2) is 82.6 Å². The van der Waals surface area contributed by atoms with E-state index in [1.807, 2.05) is 100 Å². The molecule has 16 nitrogen and oxygen atoms in total. The molecule has 0 unspecified atom stereocenters. The second kappa shape index (κ2) is 26.6. The van der Waals surface area contributed by atoms with Crippen molar-refractivity contribution < 1.29 is 57.9 Å². The average Bonchev–Trinajstić information content (AvgIpc) is 3.42. The summed E-state index contributed by atoms with van der Waals surface area (Å²) in [6, 6.07) is 42.7. The van der Waals surface area contributed by atoms with E-state index in [2.05, 4.69) is 20.6 Å². The molecule has 2 amide bonds. The van der Waals surface area contributed by atoms with E-state index < -0.39 is 12.6 Å². The number of aromatic nitrogens is 2. The van der Waals surface area contributed by atoms with Crippen molar-refractivity contribution in [1.82, 2.24) is 9.97 Å². The van der Waals surface area contributed by atoms with Crippen molar-refractivity contribution in [3.8, 4) is 56.8 Å². The van der Waals surface area contributed by atoms with Crippen LogP contribution < -0.4 is 34.3 Å². The topological polar surface area (TPSA) is 222 Å². The molecule has 0 fully saturated rings. The summed E-state index contributed by atoms with van der Waals surface area (Å²) in [5.74, 6) is 1.48. The van der Waals surface area contributed by atoms with Crippen molar-refractivity contribution in [2.45, 2.75) is 53.4 Å². The fourth-order valence-electron chi connectivity index (χ4n) is 8.08. The number of carboxylic acids is 1. The van der Waals surface area contributed by atoms with Gasteiger partial charge in [0, 0.05) is 47.6 Å². The van der Waals surface area contributed by atoms with Crippen LogP contribution in [-0.2, 0) is 14.4 Å². The van der Waals surface area contributed by atoms with Crippen LogP contribution in [0.25, 0.3) is 44.1 Å². The Labute approximate surface area is 439 Å². The van der Waals surface area contributed by atoms with E-state index >= 15 is 0 Å². The lowest BCUT2D eigenvalue weighted by Gasteiger charge is -2.13. The third-order valence-corrected chi connectivity index (χ3v) is 11.6. The van der Waals surface area contributed by atoms with Crippen molar-refractivity contribution >= 4 is 62.8 Å². The van der Waals surface area contributed by atoms with Gasteiger partial charge in [-0.15, -0.1) is 0 Å². The minimum absolute atomic E-state index is 0.0130. The number of aromatic hydroxyl groups is 1. The lowest BCUT2D eigenvalue weighted by molar-refractivity contribution is -0.139. The number of carbonyl (C=O) groups excluding carboxylic acids is 4. The van der Waals surface area contributed by atoms with Gasteiger partial charge in [-0.1, -0.05) is 60.7 Å².